The van der Waals surface area contributed by atoms with Gasteiger partial charge in [0.05, 0.1) is 24.3 Å². The molecule has 3 N–H and O–H groups in total. The Bertz CT molecular complexity index is 721. The fourth-order valence-electron chi connectivity index (χ4n) is 3.02. The second-order valence-corrected chi connectivity index (χ2v) is 6.18. The lowest BCUT2D eigenvalue weighted by molar-refractivity contribution is -0.141. The molecule has 0 saturated heterocycles. The highest BCUT2D eigenvalue weighted by molar-refractivity contribution is 6.00. The molecule has 1 aliphatic heterocycles. The number of anilines is 1. The fraction of sp³-hybridized carbons (Fsp3) is 0.444. The van der Waals surface area contributed by atoms with E-state index in [4.69, 9.17) is 20.3 Å². The highest BCUT2D eigenvalue weighted by Crippen LogP contribution is 2.39. The van der Waals surface area contributed by atoms with E-state index in [1.807, 2.05) is 19.9 Å². The summed E-state index contributed by atoms with van der Waals surface area (Å²) in [5, 5.41) is 9.00. The summed E-state index contributed by atoms with van der Waals surface area (Å²) < 4.78 is 10.6. The summed E-state index contributed by atoms with van der Waals surface area (Å²) in [7, 11) is 1.57. The smallest absolute Gasteiger partial charge is 0.341 e. The Hall–Kier alpha value is -2.50. The van der Waals surface area contributed by atoms with Gasteiger partial charge in [0.1, 0.15) is 12.4 Å². The Labute approximate surface area is 141 Å². The molecule has 1 heterocycles. The molecule has 0 unspecified atom stereocenters. The normalized spacial score (nSPS) is 15.0. The minimum Gasteiger partial charge on any atom is -0.496 e. The highest BCUT2D eigenvalue weighted by Gasteiger charge is 2.30. The molecule has 0 amide bonds. The molecule has 1 aliphatic rings. The number of carboxylic acids is 1. The van der Waals surface area contributed by atoms with E-state index in [1.165, 1.54) is 0 Å². The van der Waals surface area contributed by atoms with Crippen molar-refractivity contribution in [2.45, 2.75) is 40.2 Å². The number of carbonyl (C=O) groups excluding carboxylic acids is 1. The van der Waals surface area contributed by atoms with Gasteiger partial charge in [0.2, 0.25) is 0 Å². The molecule has 2 rings (SSSR count). The van der Waals surface area contributed by atoms with Crippen molar-refractivity contribution in [3.63, 3.8) is 0 Å². The number of rotatable bonds is 6. The molecule has 24 heavy (non-hydrogen) atoms. The first kappa shape index (κ1) is 17.8. The van der Waals surface area contributed by atoms with E-state index in [2.05, 4.69) is 0 Å². The van der Waals surface area contributed by atoms with Gasteiger partial charge in [-0.05, 0) is 32.3 Å². The third-order valence-corrected chi connectivity index (χ3v) is 4.42. The van der Waals surface area contributed by atoms with Crippen LogP contribution in [0.3, 0.4) is 0 Å². The number of nitrogens with two attached hydrogens (primary N) is 1. The van der Waals surface area contributed by atoms with Gasteiger partial charge in [-0.2, -0.15) is 0 Å². The molecule has 0 radical (unpaired) electrons. The van der Waals surface area contributed by atoms with E-state index in [0.717, 1.165) is 22.3 Å². The van der Waals surface area contributed by atoms with Crippen LogP contribution in [0.5, 0.6) is 5.75 Å². The van der Waals surface area contributed by atoms with Crippen LogP contribution in [0.1, 0.15) is 47.3 Å². The van der Waals surface area contributed by atoms with Crippen molar-refractivity contribution in [1.82, 2.24) is 0 Å². The van der Waals surface area contributed by atoms with Gasteiger partial charge in [0.15, 0.2) is 0 Å². The molecule has 0 saturated carbocycles. The summed E-state index contributed by atoms with van der Waals surface area (Å²) >= 11 is 0. The van der Waals surface area contributed by atoms with Crippen molar-refractivity contribution >= 4 is 17.6 Å². The topological polar surface area (TPSA) is 98.9 Å². The maximum atomic E-state index is 11.9. The lowest BCUT2D eigenvalue weighted by Gasteiger charge is -2.16. The molecular weight excluding hydrogens is 310 g/mol. The van der Waals surface area contributed by atoms with Crippen LogP contribution in [0.4, 0.5) is 5.69 Å². The Morgan fingerprint density at radius 3 is 2.75 bits per heavy atom. The van der Waals surface area contributed by atoms with Crippen LogP contribution >= 0.6 is 0 Å². The number of cyclic esters (lactones) is 1. The molecule has 1 aromatic rings. The van der Waals surface area contributed by atoms with E-state index >= 15 is 0 Å². The van der Waals surface area contributed by atoms with Gasteiger partial charge in [-0.1, -0.05) is 18.6 Å². The van der Waals surface area contributed by atoms with Gasteiger partial charge in [0, 0.05) is 11.1 Å². The molecule has 0 bridgehead atoms. The summed E-state index contributed by atoms with van der Waals surface area (Å²) in [5.41, 5.74) is 10.3. The molecular formula is C18H23NO5. The highest BCUT2D eigenvalue weighted by atomic mass is 16.5. The Morgan fingerprint density at radius 2 is 2.17 bits per heavy atom. The second kappa shape index (κ2) is 6.95. The number of benzene rings is 1. The SMILES string of the molecule is COc1c(C)c2c(c(N)c1C/C=C(\C)C[C@@H](C)C(=O)O)C(=O)OC2. The number of hydrogen-bond donors (Lipinski definition) is 2. The number of hydrogen-bond acceptors (Lipinski definition) is 5. The minimum absolute atomic E-state index is 0.214. The zero-order valence-electron chi connectivity index (χ0n) is 14.4. The number of carboxylic acid groups (broad SMARTS) is 1. The standard InChI is InChI=1S/C18H23NO5/c1-9(7-10(2)17(20)21)5-6-12-15(19)14-13(8-24-18(14)22)11(3)16(12)23-4/h5,10H,6-8,19H2,1-4H3,(H,20,21)/b9-5+/t10-/m1/s1. The van der Waals surface area contributed by atoms with Crippen LogP contribution in [-0.4, -0.2) is 24.2 Å². The zero-order valence-corrected chi connectivity index (χ0v) is 14.4. The summed E-state index contributed by atoms with van der Waals surface area (Å²) in [4.78, 5) is 22.9. The molecule has 0 spiro atoms. The van der Waals surface area contributed by atoms with Crippen LogP contribution in [0.25, 0.3) is 0 Å². The van der Waals surface area contributed by atoms with Crippen LogP contribution in [0.2, 0.25) is 0 Å². The van der Waals surface area contributed by atoms with Gasteiger partial charge < -0.3 is 20.3 Å². The maximum absolute atomic E-state index is 11.9. The van der Waals surface area contributed by atoms with Crippen LogP contribution in [0, 0.1) is 12.8 Å². The summed E-state index contributed by atoms with van der Waals surface area (Å²) in [6.45, 7) is 5.65. The largest absolute Gasteiger partial charge is 0.496 e. The third-order valence-electron chi connectivity index (χ3n) is 4.42. The maximum Gasteiger partial charge on any atom is 0.341 e. The number of carbonyl (C=O) groups is 2. The van der Waals surface area contributed by atoms with Gasteiger partial charge in [-0.25, -0.2) is 4.79 Å². The summed E-state index contributed by atoms with van der Waals surface area (Å²) in [6, 6.07) is 0. The predicted octanol–water partition coefficient (Wildman–Crippen LogP) is 2.86. The number of allylic oxidation sites excluding steroid dienone is 2. The molecule has 0 aromatic heterocycles. The van der Waals surface area contributed by atoms with E-state index < -0.39 is 17.9 Å². The predicted molar refractivity (Wildman–Crippen MR) is 90.1 cm³/mol. The molecule has 6 heteroatoms. The van der Waals surface area contributed by atoms with Crippen molar-refractivity contribution in [2.24, 2.45) is 5.92 Å². The average Bonchev–Trinajstić information content (AvgIpc) is 2.91. The fourth-order valence-corrected chi connectivity index (χ4v) is 3.02. The zero-order chi connectivity index (χ0) is 18.0. The van der Waals surface area contributed by atoms with Crippen LogP contribution in [-0.2, 0) is 22.6 Å². The Balaban J connectivity index is 2.37. The van der Waals surface area contributed by atoms with Crippen molar-refractivity contribution in [3.8, 4) is 5.75 Å². The van der Waals surface area contributed by atoms with E-state index in [-0.39, 0.29) is 6.61 Å². The van der Waals surface area contributed by atoms with E-state index in [9.17, 15) is 9.59 Å². The van der Waals surface area contributed by atoms with Gasteiger partial charge in [-0.3, -0.25) is 4.79 Å². The number of esters is 1. The van der Waals surface area contributed by atoms with E-state index in [0.29, 0.717) is 29.8 Å². The van der Waals surface area contributed by atoms with E-state index in [1.54, 1.807) is 14.0 Å². The number of methoxy groups -OCH3 is 1. The molecule has 6 nitrogen and oxygen atoms in total. The molecule has 0 fully saturated rings. The van der Waals surface area contributed by atoms with Gasteiger partial charge in [0.25, 0.3) is 0 Å². The molecule has 1 aromatic carbocycles. The van der Waals surface area contributed by atoms with Gasteiger partial charge >= 0.3 is 11.9 Å². The number of aliphatic carboxylic acids is 1. The Morgan fingerprint density at radius 1 is 1.50 bits per heavy atom. The van der Waals surface area contributed by atoms with Crippen molar-refractivity contribution in [2.75, 3.05) is 12.8 Å². The van der Waals surface area contributed by atoms with Crippen molar-refractivity contribution in [1.29, 1.82) is 0 Å². The van der Waals surface area contributed by atoms with Crippen LogP contribution in [0.15, 0.2) is 11.6 Å². The first-order chi connectivity index (χ1) is 11.3. The van der Waals surface area contributed by atoms with Gasteiger partial charge in [-0.15, -0.1) is 0 Å². The second-order valence-electron chi connectivity index (χ2n) is 6.18. The van der Waals surface area contributed by atoms with Crippen molar-refractivity contribution in [3.05, 3.63) is 33.9 Å². The number of ether oxygens (including phenoxy) is 2. The molecule has 1 atom stereocenters. The number of nitrogen functional groups attached to an aromatic ring is 1. The average molecular weight is 333 g/mol. The summed E-state index contributed by atoms with van der Waals surface area (Å²) in [5.74, 6) is -1.03. The van der Waals surface area contributed by atoms with Crippen LogP contribution < -0.4 is 10.5 Å². The third kappa shape index (κ3) is 3.22. The number of fused-ring (bicyclic) bond motifs is 1. The summed E-state index contributed by atoms with van der Waals surface area (Å²) in [6.07, 6.45) is 2.86. The minimum atomic E-state index is -0.823. The molecule has 0 aliphatic carbocycles. The quantitative estimate of drug-likeness (QED) is 0.472. The first-order valence-corrected chi connectivity index (χ1v) is 7.81. The first-order valence-electron chi connectivity index (χ1n) is 7.81. The lowest BCUT2D eigenvalue weighted by Crippen LogP contribution is -2.10. The lowest BCUT2D eigenvalue weighted by atomic mass is 9.93. The monoisotopic (exact) mass is 333 g/mol. The Kier molecular flexibility index (Phi) is 5.17. The van der Waals surface area contributed by atoms with Crippen molar-refractivity contribution < 1.29 is 24.2 Å². The molecule has 130 valence electrons.